The van der Waals surface area contributed by atoms with Crippen molar-refractivity contribution in [1.82, 2.24) is 14.5 Å². The molecule has 0 amide bonds. The second kappa shape index (κ2) is 5.06. The van der Waals surface area contributed by atoms with E-state index in [9.17, 15) is 10.0 Å². The maximum Gasteiger partial charge on any atom is 0.420 e. The highest BCUT2D eigenvalue weighted by atomic mass is 32.2. The number of fused-ring (bicyclic) bond motifs is 1. The summed E-state index contributed by atoms with van der Waals surface area (Å²) in [6, 6.07) is 9.40. The van der Waals surface area contributed by atoms with E-state index in [2.05, 4.69) is 9.97 Å². The summed E-state index contributed by atoms with van der Waals surface area (Å²) in [7, 11) is 1.49. The van der Waals surface area contributed by atoms with Crippen LogP contribution in [0.25, 0.3) is 11.2 Å². The van der Waals surface area contributed by atoms with Crippen molar-refractivity contribution < 1.29 is 14.6 Å². The standard InChI is InChI=1S/C13H10N4O3S/c1-16-10-9(17(20)12(16)13(18)19)11(15-7-14-10)21-8-5-3-2-4-6-8/h2-7H,1H3,(H,18,19). The number of imidazole rings is 1. The Kier molecular flexibility index (Phi) is 3.22. The zero-order valence-electron chi connectivity index (χ0n) is 10.9. The van der Waals surface area contributed by atoms with E-state index in [0.29, 0.717) is 9.76 Å². The van der Waals surface area contributed by atoms with Crippen LogP contribution in [0.2, 0.25) is 0 Å². The van der Waals surface area contributed by atoms with Crippen LogP contribution in [0, 0.1) is 5.21 Å². The quantitative estimate of drug-likeness (QED) is 0.447. The molecule has 0 aliphatic heterocycles. The van der Waals surface area contributed by atoms with Gasteiger partial charge in [-0.2, -0.15) is 4.98 Å². The van der Waals surface area contributed by atoms with E-state index in [4.69, 9.17) is 5.11 Å². The first kappa shape index (κ1) is 13.4. The van der Waals surface area contributed by atoms with Gasteiger partial charge in [0, 0.05) is 4.90 Å². The molecule has 3 rings (SSSR count). The Balaban J connectivity index is 2.21. The van der Waals surface area contributed by atoms with E-state index in [0.717, 1.165) is 4.90 Å². The Hall–Kier alpha value is -2.61. The number of aromatic carboxylic acids is 1. The lowest BCUT2D eigenvalue weighted by Crippen LogP contribution is -2.34. The van der Waals surface area contributed by atoms with Crippen LogP contribution in [0.4, 0.5) is 0 Å². The minimum Gasteiger partial charge on any atom is -0.710 e. The maximum atomic E-state index is 12.2. The fraction of sp³-hybridized carbons (Fsp3) is 0.0769. The predicted octanol–water partition coefficient (Wildman–Crippen LogP) is 1.45. The first-order valence-corrected chi connectivity index (χ1v) is 6.80. The van der Waals surface area contributed by atoms with E-state index < -0.39 is 5.97 Å². The number of hydrogen-bond acceptors (Lipinski definition) is 5. The second-order valence-corrected chi connectivity index (χ2v) is 5.31. The number of carboxylic acid groups (broad SMARTS) is 1. The van der Waals surface area contributed by atoms with Crippen molar-refractivity contribution in [2.24, 2.45) is 7.05 Å². The van der Waals surface area contributed by atoms with E-state index in [1.54, 1.807) is 0 Å². The van der Waals surface area contributed by atoms with Gasteiger partial charge in [0.1, 0.15) is 6.33 Å². The van der Waals surface area contributed by atoms with Crippen LogP contribution in [-0.2, 0) is 7.05 Å². The van der Waals surface area contributed by atoms with Gasteiger partial charge in [-0.3, -0.25) is 0 Å². The van der Waals surface area contributed by atoms with Crippen LogP contribution in [-0.4, -0.2) is 25.6 Å². The van der Waals surface area contributed by atoms with Crippen molar-refractivity contribution in [3.63, 3.8) is 0 Å². The first-order valence-electron chi connectivity index (χ1n) is 5.98. The molecular weight excluding hydrogens is 292 g/mol. The summed E-state index contributed by atoms with van der Waals surface area (Å²) in [5.41, 5.74) is 0.446. The largest absolute Gasteiger partial charge is 0.710 e. The van der Waals surface area contributed by atoms with Gasteiger partial charge < -0.3 is 10.3 Å². The number of nitrogens with zero attached hydrogens (tertiary/aromatic N) is 4. The molecule has 0 aliphatic rings. The monoisotopic (exact) mass is 302 g/mol. The van der Waals surface area contributed by atoms with Crippen LogP contribution < -0.4 is 4.73 Å². The zero-order valence-corrected chi connectivity index (χ0v) is 11.7. The fourth-order valence-corrected chi connectivity index (χ4v) is 2.91. The van der Waals surface area contributed by atoms with E-state index in [1.165, 1.54) is 29.7 Å². The van der Waals surface area contributed by atoms with Crippen molar-refractivity contribution in [2.75, 3.05) is 0 Å². The van der Waals surface area contributed by atoms with Crippen molar-refractivity contribution in [3.05, 3.63) is 47.7 Å². The van der Waals surface area contributed by atoms with Gasteiger partial charge in [-0.25, -0.2) is 19.1 Å². The Morgan fingerprint density at radius 3 is 2.71 bits per heavy atom. The summed E-state index contributed by atoms with van der Waals surface area (Å²) >= 11 is 1.29. The predicted molar refractivity (Wildman–Crippen MR) is 75.0 cm³/mol. The summed E-state index contributed by atoms with van der Waals surface area (Å²) in [6.07, 6.45) is 1.32. The summed E-state index contributed by atoms with van der Waals surface area (Å²) in [5.74, 6) is -1.69. The Morgan fingerprint density at radius 1 is 1.33 bits per heavy atom. The van der Waals surface area contributed by atoms with Gasteiger partial charge in [0.15, 0.2) is 5.03 Å². The lowest BCUT2D eigenvalue weighted by molar-refractivity contribution is -0.582. The Bertz CT molecular complexity index is 832. The van der Waals surface area contributed by atoms with Crippen molar-refractivity contribution >= 4 is 28.9 Å². The first-order chi connectivity index (χ1) is 10.1. The zero-order chi connectivity index (χ0) is 15.0. The van der Waals surface area contributed by atoms with Gasteiger partial charge in [-0.05, 0) is 12.1 Å². The van der Waals surface area contributed by atoms with Crippen LogP contribution in [0.1, 0.15) is 10.6 Å². The SMILES string of the molecule is Cn1c(C(=O)O)[n+]([O-])c2c(Sc3ccccc3)ncnc21. The summed E-state index contributed by atoms with van der Waals surface area (Å²) in [6.45, 7) is 0. The van der Waals surface area contributed by atoms with Crippen LogP contribution in [0.15, 0.2) is 46.6 Å². The molecule has 2 aromatic heterocycles. The van der Waals surface area contributed by atoms with Crippen molar-refractivity contribution in [1.29, 1.82) is 0 Å². The summed E-state index contributed by atoms with van der Waals surface area (Å²) in [5, 5.41) is 21.8. The average molecular weight is 302 g/mol. The Labute approximate surface area is 123 Å². The van der Waals surface area contributed by atoms with Crippen LogP contribution in [0.5, 0.6) is 0 Å². The van der Waals surface area contributed by atoms with Gasteiger partial charge in [0.05, 0.1) is 7.05 Å². The third-order valence-corrected chi connectivity index (χ3v) is 3.95. The summed E-state index contributed by atoms with van der Waals surface area (Å²) in [4.78, 5) is 20.2. The molecule has 1 N–H and O–H groups in total. The number of carboxylic acids is 1. The molecule has 0 unspecified atom stereocenters. The second-order valence-electron chi connectivity index (χ2n) is 4.25. The third-order valence-electron chi connectivity index (χ3n) is 2.95. The van der Waals surface area contributed by atoms with Crippen LogP contribution in [0.3, 0.4) is 0 Å². The molecule has 0 atom stereocenters. The summed E-state index contributed by atoms with van der Waals surface area (Å²) < 4.78 is 1.62. The van der Waals surface area contributed by atoms with E-state index >= 15 is 0 Å². The highest BCUT2D eigenvalue weighted by molar-refractivity contribution is 7.99. The van der Waals surface area contributed by atoms with Gasteiger partial charge in [0.25, 0.3) is 5.65 Å². The number of hydrogen-bond donors (Lipinski definition) is 1. The van der Waals surface area contributed by atoms with Gasteiger partial charge in [-0.1, -0.05) is 30.0 Å². The molecule has 0 saturated heterocycles. The molecule has 2 heterocycles. The molecule has 8 heteroatoms. The lowest BCUT2D eigenvalue weighted by Gasteiger charge is -2.03. The van der Waals surface area contributed by atoms with Crippen LogP contribution >= 0.6 is 11.8 Å². The highest BCUT2D eigenvalue weighted by Crippen LogP contribution is 2.29. The molecule has 106 valence electrons. The number of rotatable bonds is 3. The molecule has 3 aromatic rings. The van der Waals surface area contributed by atoms with Crippen molar-refractivity contribution in [3.8, 4) is 0 Å². The molecule has 0 bridgehead atoms. The number of aryl methyl sites for hydroxylation is 1. The molecule has 1 aromatic carbocycles. The van der Waals surface area contributed by atoms with Crippen molar-refractivity contribution in [2.45, 2.75) is 9.92 Å². The molecule has 21 heavy (non-hydrogen) atoms. The van der Waals surface area contributed by atoms with Gasteiger partial charge in [0.2, 0.25) is 5.52 Å². The van der Waals surface area contributed by atoms with Gasteiger partial charge in [-0.15, -0.1) is 0 Å². The molecule has 0 radical (unpaired) electrons. The smallest absolute Gasteiger partial charge is 0.420 e. The van der Waals surface area contributed by atoms with E-state index in [1.807, 2.05) is 30.3 Å². The van der Waals surface area contributed by atoms with E-state index in [-0.39, 0.29) is 17.0 Å². The molecule has 7 nitrogen and oxygen atoms in total. The minimum atomic E-state index is -1.30. The topological polar surface area (TPSA) is 95.0 Å². The maximum absolute atomic E-state index is 12.2. The molecule has 0 fully saturated rings. The number of aromatic nitrogens is 4. The lowest BCUT2D eigenvalue weighted by atomic mass is 10.4. The average Bonchev–Trinajstić information content (AvgIpc) is 2.73. The third kappa shape index (κ3) is 2.19. The van der Waals surface area contributed by atoms with Gasteiger partial charge >= 0.3 is 11.8 Å². The minimum absolute atomic E-state index is 0.159. The normalized spacial score (nSPS) is 10.9. The molecule has 0 spiro atoms. The molecule has 0 saturated carbocycles. The number of benzene rings is 1. The fourth-order valence-electron chi connectivity index (χ4n) is 2.02. The highest BCUT2D eigenvalue weighted by Gasteiger charge is 2.28. The Morgan fingerprint density at radius 2 is 2.05 bits per heavy atom. The molecule has 0 aliphatic carbocycles. The number of carbonyl (C=O) groups is 1. The molecular formula is C13H10N4O3S.